The number of nitrogens with zero attached hydrogens (tertiary/aromatic N) is 5. The summed E-state index contributed by atoms with van der Waals surface area (Å²) in [6.45, 7) is 2.33. The van der Waals surface area contributed by atoms with Crippen molar-refractivity contribution in [1.29, 1.82) is 0 Å². The second kappa shape index (κ2) is 7.03. The molecule has 7 heteroatoms. The Labute approximate surface area is 175 Å². The minimum Gasteiger partial charge on any atom is -0.391 e. The van der Waals surface area contributed by atoms with Gasteiger partial charge < -0.3 is 15.7 Å². The van der Waals surface area contributed by atoms with E-state index in [0.29, 0.717) is 24.4 Å². The Morgan fingerprint density at radius 3 is 2.73 bits per heavy atom. The van der Waals surface area contributed by atoms with E-state index in [-0.39, 0.29) is 6.10 Å². The van der Waals surface area contributed by atoms with Crippen LogP contribution in [0.1, 0.15) is 49.8 Å². The molecule has 0 radical (unpaired) electrons. The quantitative estimate of drug-likeness (QED) is 0.679. The van der Waals surface area contributed by atoms with Crippen molar-refractivity contribution in [3.63, 3.8) is 0 Å². The summed E-state index contributed by atoms with van der Waals surface area (Å²) in [7, 11) is 0. The second-order valence-corrected chi connectivity index (χ2v) is 9.23. The van der Waals surface area contributed by atoms with Crippen molar-refractivity contribution < 1.29 is 5.11 Å². The molecule has 2 saturated carbocycles. The highest BCUT2D eigenvalue weighted by Gasteiger charge is 2.34. The van der Waals surface area contributed by atoms with Crippen molar-refractivity contribution in [3.8, 4) is 11.3 Å². The van der Waals surface area contributed by atoms with Crippen LogP contribution < -0.4 is 10.6 Å². The molecule has 2 aliphatic carbocycles. The molecule has 1 saturated heterocycles. The van der Waals surface area contributed by atoms with E-state index in [1.165, 1.54) is 18.5 Å². The summed E-state index contributed by atoms with van der Waals surface area (Å²) in [4.78, 5) is 11.9. The van der Waals surface area contributed by atoms with E-state index in [1.807, 2.05) is 12.3 Å². The molecule has 3 fully saturated rings. The van der Waals surface area contributed by atoms with Crippen LogP contribution in [0, 0.1) is 5.92 Å². The van der Waals surface area contributed by atoms with E-state index in [9.17, 15) is 5.11 Å². The average molecular weight is 405 g/mol. The number of anilines is 1. The molecule has 1 unspecified atom stereocenters. The molecule has 3 aliphatic rings. The maximum absolute atomic E-state index is 9.87. The van der Waals surface area contributed by atoms with Gasteiger partial charge in [0.15, 0.2) is 0 Å². The minimum absolute atomic E-state index is 0.240. The van der Waals surface area contributed by atoms with Crippen molar-refractivity contribution in [2.24, 2.45) is 11.7 Å². The number of hydrogen-bond donors (Lipinski definition) is 2. The zero-order chi connectivity index (χ0) is 20.2. The average Bonchev–Trinajstić information content (AvgIpc) is 3.34. The summed E-state index contributed by atoms with van der Waals surface area (Å²) in [6.07, 6.45) is 9.31. The van der Waals surface area contributed by atoms with Gasteiger partial charge in [-0.1, -0.05) is 0 Å². The molecule has 2 aromatic heterocycles. The summed E-state index contributed by atoms with van der Waals surface area (Å²) < 4.78 is 2.16. The standard InChI is InChI=1S/C23H28N6O/c24-10-14-7-17(8-14)29-13-19(23(27-29)15-1-2-15)22-11-25-20-4-3-16(9-21(20)26-22)28-6-5-18(30)12-28/h3-4,9,11,13-15,17-18,30H,1-2,5-8,10,12,24H2. The fraction of sp³-hybridized carbons (Fsp3) is 0.522. The first-order valence-corrected chi connectivity index (χ1v) is 11.2. The number of aliphatic hydroxyl groups is 1. The molecule has 7 nitrogen and oxygen atoms in total. The van der Waals surface area contributed by atoms with Crippen molar-refractivity contribution >= 4 is 16.7 Å². The van der Waals surface area contributed by atoms with Crippen LogP contribution in [0.15, 0.2) is 30.6 Å². The molecule has 156 valence electrons. The highest BCUT2D eigenvalue weighted by Crippen LogP contribution is 2.45. The Hall–Kier alpha value is -2.51. The van der Waals surface area contributed by atoms with E-state index in [0.717, 1.165) is 60.3 Å². The molecular weight excluding hydrogens is 376 g/mol. The predicted octanol–water partition coefficient (Wildman–Crippen LogP) is 2.85. The van der Waals surface area contributed by atoms with Gasteiger partial charge in [0.05, 0.1) is 40.8 Å². The Morgan fingerprint density at radius 2 is 2.00 bits per heavy atom. The van der Waals surface area contributed by atoms with E-state index in [2.05, 4.69) is 27.9 Å². The van der Waals surface area contributed by atoms with Crippen molar-refractivity contribution in [3.05, 3.63) is 36.3 Å². The highest BCUT2D eigenvalue weighted by molar-refractivity contribution is 5.81. The van der Waals surface area contributed by atoms with Gasteiger partial charge in [0.2, 0.25) is 0 Å². The van der Waals surface area contributed by atoms with Crippen LogP contribution in [0.2, 0.25) is 0 Å². The van der Waals surface area contributed by atoms with Crippen molar-refractivity contribution in [2.45, 2.75) is 50.2 Å². The number of nitrogens with two attached hydrogens (primary N) is 1. The molecule has 0 spiro atoms. The summed E-state index contributed by atoms with van der Waals surface area (Å²) in [5, 5.41) is 14.9. The zero-order valence-electron chi connectivity index (χ0n) is 17.1. The number of hydrogen-bond acceptors (Lipinski definition) is 6. The van der Waals surface area contributed by atoms with Gasteiger partial charge in [-0.25, -0.2) is 4.98 Å². The third-order valence-corrected chi connectivity index (χ3v) is 6.97. The van der Waals surface area contributed by atoms with Gasteiger partial charge in [0.1, 0.15) is 0 Å². The van der Waals surface area contributed by atoms with Gasteiger partial charge in [-0.3, -0.25) is 9.67 Å². The largest absolute Gasteiger partial charge is 0.391 e. The number of rotatable bonds is 5. The Kier molecular flexibility index (Phi) is 4.28. The maximum atomic E-state index is 9.87. The van der Waals surface area contributed by atoms with E-state index < -0.39 is 0 Å². The van der Waals surface area contributed by atoms with Crippen molar-refractivity contribution in [1.82, 2.24) is 19.7 Å². The molecule has 1 aliphatic heterocycles. The maximum Gasteiger partial charge on any atom is 0.0927 e. The Morgan fingerprint density at radius 1 is 1.13 bits per heavy atom. The molecule has 1 atom stereocenters. The fourth-order valence-corrected chi connectivity index (χ4v) is 4.86. The van der Waals surface area contributed by atoms with Gasteiger partial charge in [0.25, 0.3) is 0 Å². The SMILES string of the molecule is NCC1CC(n2cc(-c3cnc4ccc(N5CCC(O)C5)cc4n3)c(C3CC3)n2)C1. The number of aromatic nitrogens is 4. The van der Waals surface area contributed by atoms with Gasteiger partial charge in [-0.15, -0.1) is 0 Å². The Bertz CT molecular complexity index is 1080. The van der Waals surface area contributed by atoms with Crippen LogP contribution in [-0.4, -0.2) is 50.6 Å². The molecule has 30 heavy (non-hydrogen) atoms. The normalized spacial score (nSPS) is 26.3. The van der Waals surface area contributed by atoms with Gasteiger partial charge in [-0.05, 0) is 62.8 Å². The number of aliphatic hydroxyl groups excluding tert-OH is 1. The van der Waals surface area contributed by atoms with E-state index in [1.54, 1.807) is 0 Å². The first kappa shape index (κ1) is 18.3. The third kappa shape index (κ3) is 3.17. The lowest BCUT2D eigenvalue weighted by Crippen LogP contribution is -2.32. The topological polar surface area (TPSA) is 93.1 Å². The lowest BCUT2D eigenvalue weighted by atomic mass is 9.80. The van der Waals surface area contributed by atoms with Crippen LogP contribution >= 0.6 is 0 Å². The fourth-order valence-electron chi connectivity index (χ4n) is 4.86. The molecule has 3 aromatic rings. The second-order valence-electron chi connectivity index (χ2n) is 9.23. The zero-order valence-corrected chi connectivity index (χ0v) is 17.1. The number of fused-ring (bicyclic) bond motifs is 1. The van der Waals surface area contributed by atoms with E-state index >= 15 is 0 Å². The van der Waals surface area contributed by atoms with Crippen LogP contribution in [0.3, 0.4) is 0 Å². The predicted molar refractivity (Wildman–Crippen MR) is 116 cm³/mol. The first-order valence-electron chi connectivity index (χ1n) is 11.2. The van der Waals surface area contributed by atoms with E-state index in [4.69, 9.17) is 20.8 Å². The molecule has 3 N–H and O–H groups in total. The summed E-state index contributed by atoms with van der Waals surface area (Å²) in [6, 6.07) is 6.67. The van der Waals surface area contributed by atoms with Crippen molar-refractivity contribution in [2.75, 3.05) is 24.5 Å². The van der Waals surface area contributed by atoms with Crippen LogP contribution in [-0.2, 0) is 0 Å². The lowest BCUT2D eigenvalue weighted by molar-refractivity contribution is 0.189. The van der Waals surface area contributed by atoms with Crippen LogP contribution in [0.4, 0.5) is 5.69 Å². The number of β-amino-alcohol motifs (C(OH)–C–C–N with tert-alkyl or cyclic N) is 1. The van der Waals surface area contributed by atoms with Gasteiger partial charge in [-0.2, -0.15) is 5.10 Å². The molecule has 0 amide bonds. The van der Waals surface area contributed by atoms with Gasteiger partial charge >= 0.3 is 0 Å². The molecule has 1 aromatic carbocycles. The van der Waals surface area contributed by atoms with Crippen LogP contribution in [0.25, 0.3) is 22.3 Å². The van der Waals surface area contributed by atoms with Crippen LogP contribution in [0.5, 0.6) is 0 Å². The smallest absolute Gasteiger partial charge is 0.0927 e. The minimum atomic E-state index is -0.240. The molecule has 6 rings (SSSR count). The summed E-state index contributed by atoms with van der Waals surface area (Å²) in [5.41, 5.74) is 11.9. The first-order chi connectivity index (χ1) is 14.7. The monoisotopic (exact) mass is 404 g/mol. The number of benzene rings is 1. The third-order valence-electron chi connectivity index (χ3n) is 6.97. The summed E-state index contributed by atoms with van der Waals surface area (Å²) in [5.74, 6) is 1.19. The highest BCUT2D eigenvalue weighted by atomic mass is 16.3. The van der Waals surface area contributed by atoms with Gasteiger partial charge in [0, 0.05) is 36.5 Å². The molecular formula is C23H28N6O. The molecule has 0 bridgehead atoms. The molecule has 3 heterocycles. The summed E-state index contributed by atoms with van der Waals surface area (Å²) >= 11 is 0. The lowest BCUT2D eigenvalue weighted by Gasteiger charge is -2.34. The Balaban J connectivity index is 1.35.